The molecule has 2 aliphatic carbocycles. The van der Waals surface area contributed by atoms with Crippen LogP contribution < -0.4 is 0 Å². The van der Waals surface area contributed by atoms with Crippen molar-refractivity contribution in [1.82, 2.24) is 9.97 Å². The summed E-state index contributed by atoms with van der Waals surface area (Å²) in [5.74, 6) is 0.682. The molecule has 9 aromatic rings. The molecule has 1 spiro atoms. The minimum atomic E-state index is -0.0332. The summed E-state index contributed by atoms with van der Waals surface area (Å²) in [5.41, 5.74) is 14.8. The standard InChI is InChI=1S/C51H35N3O/c1-52-39-20-23-41-40-21-18-35(28-44(40)51(45(41)30-39)24-7-2-8-25-51)34-12-9-13-36(26-34)46-31-47(37-19-22-43-42-14-5-6-15-48(42)55-49(43)29-37)54-50(53-46)38-17-16-32-10-3-4-11-33(32)27-38/h3-6,9-23,26-31H,2,7-8,24-25H2. The summed E-state index contributed by atoms with van der Waals surface area (Å²) < 4.78 is 6.31. The van der Waals surface area contributed by atoms with Crippen molar-refractivity contribution < 1.29 is 4.42 Å². The molecule has 0 amide bonds. The van der Waals surface area contributed by atoms with Gasteiger partial charge in [0.1, 0.15) is 11.2 Å². The molecule has 0 N–H and O–H groups in total. The second-order valence-corrected chi connectivity index (χ2v) is 15.2. The van der Waals surface area contributed by atoms with Crippen molar-refractivity contribution >= 4 is 38.4 Å². The predicted molar refractivity (Wildman–Crippen MR) is 224 cm³/mol. The molecule has 2 aromatic heterocycles. The number of benzene rings is 7. The molecule has 0 radical (unpaired) electrons. The molecule has 2 aliphatic rings. The van der Waals surface area contributed by atoms with E-state index in [0.29, 0.717) is 5.82 Å². The Hall–Kier alpha value is -6.83. The van der Waals surface area contributed by atoms with Crippen molar-refractivity contribution in [2.24, 2.45) is 0 Å². The van der Waals surface area contributed by atoms with Crippen molar-refractivity contribution in [1.29, 1.82) is 0 Å². The Morgan fingerprint density at radius 1 is 0.491 bits per heavy atom. The molecule has 0 saturated heterocycles. The Morgan fingerprint density at radius 3 is 2.02 bits per heavy atom. The molecule has 55 heavy (non-hydrogen) atoms. The lowest BCUT2D eigenvalue weighted by molar-refractivity contribution is 0.353. The zero-order valence-electron chi connectivity index (χ0n) is 30.2. The highest BCUT2D eigenvalue weighted by Crippen LogP contribution is 2.57. The van der Waals surface area contributed by atoms with E-state index < -0.39 is 0 Å². The van der Waals surface area contributed by atoms with Crippen LogP contribution in [0.3, 0.4) is 0 Å². The van der Waals surface area contributed by atoms with E-state index >= 15 is 0 Å². The third-order valence-corrected chi connectivity index (χ3v) is 12.1. The minimum absolute atomic E-state index is 0.0332. The Balaban J connectivity index is 1.04. The lowest BCUT2D eigenvalue weighted by atomic mass is 9.67. The van der Waals surface area contributed by atoms with Crippen LogP contribution in [0.1, 0.15) is 43.2 Å². The maximum atomic E-state index is 7.73. The van der Waals surface area contributed by atoms with Crippen LogP contribution in [0.15, 0.2) is 156 Å². The predicted octanol–water partition coefficient (Wildman–Crippen LogP) is 14.0. The maximum absolute atomic E-state index is 7.73. The van der Waals surface area contributed by atoms with Crippen molar-refractivity contribution in [3.63, 3.8) is 0 Å². The summed E-state index contributed by atoms with van der Waals surface area (Å²) >= 11 is 0. The Bertz CT molecular complexity index is 3050. The normalized spacial score (nSPS) is 14.3. The van der Waals surface area contributed by atoms with Gasteiger partial charge in [-0.1, -0.05) is 128 Å². The fourth-order valence-corrected chi connectivity index (χ4v) is 9.37. The summed E-state index contributed by atoms with van der Waals surface area (Å²) in [6.45, 7) is 7.73. The zero-order valence-corrected chi connectivity index (χ0v) is 30.2. The van der Waals surface area contributed by atoms with Crippen LogP contribution in [0.25, 0.3) is 93.7 Å². The number of para-hydroxylation sites is 1. The second kappa shape index (κ2) is 12.4. The van der Waals surface area contributed by atoms with Gasteiger partial charge in [-0.3, -0.25) is 0 Å². The van der Waals surface area contributed by atoms with Gasteiger partial charge in [-0.05, 0) is 99.5 Å². The fourth-order valence-electron chi connectivity index (χ4n) is 9.37. The number of aromatic nitrogens is 2. The van der Waals surface area contributed by atoms with Gasteiger partial charge >= 0.3 is 0 Å². The smallest absolute Gasteiger partial charge is 0.187 e. The first-order valence-corrected chi connectivity index (χ1v) is 19.2. The number of hydrogen-bond acceptors (Lipinski definition) is 3. The van der Waals surface area contributed by atoms with E-state index in [4.69, 9.17) is 21.0 Å². The summed E-state index contributed by atoms with van der Waals surface area (Å²) in [5, 5.41) is 4.54. The maximum Gasteiger partial charge on any atom is 0.187 e. The third kappa shape index (κ3) is 5.12. The van der Waals surface area contributed by atoms with Crippen LogP contribution in [-0.4, -0.2) is 9.97 Å². The number of furan rings is 1. The minimum Gasteiger partial charge on any atom is -0.456 e. The van der Waals surface area contributed by atoms with E-state index in [1.807, 2.05) is 24.3 Å². The second-order valence-electron chi connectivity index (χ2n) is 15.2. The highest BCUT2D eigenvalue weighted by atomic mass is 16.3. The molecule has 1 fully saturated rings. The quantitative estimate of drug-likeness (QED) is 0.171. The highest BCUT2D eigenvalue weighted by Gasteiger charge is 2.43. The number of nitrogens with zero attached hydrogens (tertiary/aromatic N) is 3. The van der Waals surface area contributed by atoms with Crippen LogP contribution >= 0.6 is 0 Å². The van der Waals surface area contributed by atoms with Gasteiger partial charge in [0.2, 0.25) is 0 Å². The first-order chi connectivity index (χ1) is 27.1. The van der Waals surface area contributed by atoms with Crippen molar-refractivity contribution in [2.45, 2.75) is 37.5 Å². The van der Waals surface area contributed by atoms with Crippen molar-refractivity contribution in [3.8, 4) is 56.2 Å². The lowest BCUT2D eigenvalue weighted by Gasteiger charge is -2.36. The van der Waals surface area contributed by atoms with Gasteiger partial charge in [0.05, 0.1) is 18.0 Å². The summed E-state index contributed by atoms with van der Waals surface area (Å²) in [6, 6.07) is 53.6. The highest BCUT2D eigenvalue weighted by molar-refractivity contribution is 6.06. The molecular weight excluding hydrogens is 671 g/mol. The van der Waals surface area contributed by atoms with Gasteiger partial charge in [0.15, 0.2) is 11.5 Å². The van der Waals surface area contributed by atoms with E-state index in [2.05, 4.69) is 132 Å². The average Bonchev–Trinajstić information content (AvgIpc) is 3.75. The van der Waals surface area contributed by atoms with Crippen LogP contribution in [-0.2, 0) is 5.41 Å². The molecule has 260 valence electrons. The van der Waals surface area contributed by atoms with Gasteiger partial charge in [0, 0.05) is 32.9 Å². The Kier molecular flexibility index (Phi) is 7.12. The Morgan fingerprint density at radius 2 is 1.16 bits per heavy atom. The first-order valence-electron chi connectivity index (χ1n) is 19.2. The van der Waals surface area contributed by atoms with Crippen LogP contribution in [0, 0.1) is 6.57 Å². The molecular formula is C51H35N3O. The molecule has 0 bridgehead atoms. The van der Waals surface area contributed by atoms with Crippen LogP contribution in [0.2, 0.25) is 0 Å². The van der Waals surface area contributed by atoms with Gasteiger partial charge in [-0.15, -0.1) is 0 Å². The van der Waals surface area contributed by atoms with Gasteiger partial charge < -0.3 is 4.42 Å². The average molecular weight is 706 g/mol. The van der Waals surface area contributed by atoms with E-state index in [1.54, 1.807) is 0 Å². The number of fused-ring (bicyclic) bond motifs is 9. The van der Waals surface area contributed by atoms with Gasteiger partial charge in [-0.2, -0.15) is 0 Å². The lowest BCUT2D eigenvalue weighted by Crippen LogP contribution is -2.28. The number of rotatable bonds is 4. The number of hydrogen-bond donors (Lipinski definition) is 0. The summed E-state index contributed by atoms with van der Waals surface area (Å²) in [6.07, 6.45) is 5.93. The zero-order chi connectivity index (χ0) is 36.5. The summed E-state index contributed by atoms with van der Waals surface area (Å²) in [7, 11) is 0. The molecule has 1 saturated carbocycles. The molecule has 4 heteroatoms. The molecule has 0 aliphatic heterocycles. The van der Waals surface area contributed by atoms with Crippen LogP contribution in [0.5, 0.6) is 0 Å². The van der Waals surface area contributed by atoms with Crippen LogP contribution in [0.4, 0.5) is 5.69 Å². The first kappa shape index (κ1) is 31.7. The van der Waals surface area contributed by atoms with Crippen molar-refractivity contribution in [3.05, 3.63) is 174 Å². The third-order valence-electron chi connectivity index (χ3n) is 12.1. The molecule has 2 heterocycles. The van der Waals surface area contributed by atoms with E-state index in [9.17, 15) is 0 Å². The van der Waals surface area contributed by atoms with E-state index in [1.165, 1.54) is 52.5 Å². The van der Waals surface area contributed by atoms with E-state index in [-0.39, 0.29) is 5.41 Å². The van der Waals surface area contributed by atoms with E-state index in [0.717, 1.165) is 79.5 Å². The van der Waals surface area contributed by atoms with Crippen molar-refractivity contribution in [2.75, 3.05) is 0 Å². The summed E-state index contributed by atoms with van der Waals surface area (Å²) in [4.78, 5) is 14.3. The SMILES string of the molecule is [C-]#[N+]c1ccc2c(c1)C1(CCCCC1)c1cc(-c3cccc(-c4cc(-c5ccc6c(c5)oc5ccccc56)nc(-c5ccc6ccccc6c5)n4)c3)ccc1-2. The topological polar surface area (TPSA) is 43.3 Å². The Labute approximate surface area is 319 Å². The molecule has 0 unspecified atom stereocenters. The van der Waals surface area contributed by atoms with Gasteiger partial charge in [0.25, 0.3) is 0 Å². The molecule has 0 atom stereocenters. The van der Waals surface area contributed by atoms with Gasteiger partial charge in [-0.25, -0.2) is 14.8 Å². The fraction of sp³-hybridized carbons (Fsp3) is 0.118. The molecule has 7 aromatic carbocycles. The largest absolute Gasteiger partial charge is 0.456 e. The molecule has 4 nitrogen and oxygen atoms in total. The molecule has 11 rings (SSSR count). The monoisotopic (exact) mass is 705 g/mol.